The Bertz CT molecular complexity index is 730. The van der Waals surface area contributed by atoms with E-state index in [0.717, 1.165) is 10.6 Å². The largest absolute Gasteiger partial charge is 0.497 e. The molecule has 23 heavy (non-hydrogen) atoms. The van der Waals surface area contributed by atoms with Crippen LogP contribution in [0.1, 0.15) is 0 Å². The zero-order valence-electron chi connectivity index (χ0n) is 13.0. The molecule has 0 amide bonds. The first kappa shape index (κ1) is 17.5. The lowest BCUT2D eigenvalue weighted by Gasteiger charge is -2.10. The highest BCUT2D eigenvalue weighted by Crippen LogP contribution is 2.20. The number of thioether (sulfide) groups is 1. The molecule has 0 aromatic heterocycles. The van der Waals surface area contributed by atoms with Crippen molar-refractivity contribution in [2.45, 2.75) is 4.90 Å². The molecular weight excluding hydrogens is 334 g/mol. The average Bonchev–Trinajstić information content (AvgIpc) is 2.55. The first-order valence-corrected chi connectivity index (χ1v) is 9.81. The van der Waals surface area contributed by atoms with Crippen molar-refractivity contribution in [2.75, 3.05) is 30.4 Å². The lowest BCUT2D eigenvalue weighted by Crippen LogP contribution is -2.21. The zero-order chi connectivity index (χ0) is 16.7. The maximum atomic E-state index is 12.1. The van der Waals surface area contributed by atoms with Gasteiger partial charge < -0.3 is 9.47 Å². The highest BCUT2D eigenvalue weighted by Gasteiger charge is 2.11. The maximum absolute atomic E-state index is 12.1. The highest BCUT2D eigenvalue weighted by atomic mass is 32.2. The van der Waals surface area contributed by atoms with E-state index in [4.69, 9.17) is 9.47 Å². The monoisotopic (exact) mass is 353 g/mol. The Hall–Kier alpha value is -1.86. The lowest BCUT2D eigenvalue weighted by atomic mass is 10.3. The van der Waals surface area contributed by atoms with Gasteiger partial charge in [-0.2, -0.15) is 0 Å². The third kappa shape index (κ3) is 5.69. The Morgan fingerprint density at radius 3 is 2.43 bits per heavy atom. The second kappa shape index (κ2) is 8.12. The van der Waals surface area contributed by atoms with Crippen LogP contribution in [0, 0.1) is 0 Å². The quantitative estimate of drug-likeness (QED) is 0.738. The molecule has 0 fully saturated rings. The van der Waals surface area contributed by atoms with E-state index in [1.54, 1.807) is 55.3 Å². The first-order chi connectivity index (χ1) is 11.0. The summed E-state index contributed by atoms with van der Waals surface area (Å²) in [5.74, 6) is 1.20. The van der Waals surface area contributed by atoms with Gasteiger partial charge in [-0.05, 0) is 48.7 Å². The van der Waals surface area contributed by atoms with E-state index >= 15 is 0 Å². The molecule has 0 aliphatic rings. The van der Waals surface area contributed by atoms with Gasteiger partial charge in [0.2, 0.25) is 10.0 Å². The van der Waals surface area contributed by atoms with Crippen molar-refractivity contribution in [1.82, 2.24) is 0 Å². The molecule has 124 valence electrons. The van der Waals surface area contributed by atoms with E-state index in [1.165, 1.54) is 0 Å². The molecule has 2 aromatic rings. The summed E-state index contributed by atoms with van der Waals surface area (Å²) in [6.45, 7) is 0.0733. The Balaban J connectivity index is 1.87. The predicted molar refractivity (Wildman–Crippen MR) is 94.1 cm³/mol. The number of methoxy groups -OCH3 is 1. The van der Waals surface area contributed by atoms with Crippen LogP contribution in [0.4, 0.5) is 5.69 Å². The summed E-state index contributed by atoms with van der Waals surface area (Å²) >= 11 is 1.56. The molecule has 0 radical (unpaired) electrons. The van der Waals surface area contributed by atoms with Gasteiger partial charge in [0.1, 0.15) is 23.9 Å². The van der Waals surface area contributed by atoms with Crippen LogP contribution in [-0.2, 0) is 10.0 Å². The van der Waals surface area contributed by atoms with E-state index < -0.39 is 10.0 Å². The fraction of sp³-hybridized carbons (Fsp3) is 0.250. The molecule has 0 aliphatic carbocycles. The molecule has 0 saturated heterocycles. The number of hydrogen-bond donors (Lipinski definition) is 1. The Morgan fingerprint density at radius 2 is 1.78 bits per heavy atom. The Morgan fingerprint density at radius 1 is 1.09 bits per heavy atom. The molecule has 1 N–H and O–H groups in total. The van der Waals surface area contributed by atoms with Crippen LogP contribution in [0.15, 0.2) is 53.4 Å². The molecule has 0 saturated carbocycles. The van der Waals surface area contributed by atoms with E-state index in [0.29, 0.717) is 11.4 Å². The molecule has 0 unspecified atom stereocenters. The van der Waals surface area contributed by atoms with Crippen molar-refractivity contribution >= 4 is 27.5 Å². The zero-order valence-corrected chi connectivity index (χ0v) is 14.6. The van der Waals surface area contributed by atoms with Gasteiger partial charge in [-0.25, -0.2) is 8.42 Å². The maximum Gasteiger partial charge on any atom is 0.236 e. The standard InChI is InChI=1S/C16H19NO4S2/c1-20-14-6-8-15(9-7-14)21-10-11-23(18,19)17-13-4-3-5-16(12-13)22-2/h3-9,12,17H,10-11H2,1-2H3. The van der Waals surface area contributed by atoms with E-state index in [1.807, 2.05) is 18.4 Å². The van der Waals surface area contributed by atoms with Crippen LogP contribution in [0.3, 0.4) is 0 Å². The fourth-order valence-corrected chi connectivity index (χ4v) is 3.21. The van der Waals surface area contributed by atoms with Crippen molar-refractivity contribution in [1.29, 1.82) is 0 Å². The van der Waals surface area contributed by atoms with Gasteiger partial charge >= 0.3 is 0 Å². The number of anilines is 1. The van der Waals surface area contributed by atoms with Crippen molar-refractivity contribution in [3.8, 4) is 11.5 Å². The van der Waals surface area contributed by atoms with Crippen LogP contribution < -0.4 is 14.2 Å². The highest BCUT2D eigenvalue weighted by molar-refractivity contribution is 7.98. The SMILES string of the molecule is COc1ccc(OCCS(=O)(=O)Nc2cccc(SC)c2)cc1. The van der Waals surface area contributed by atoms with Crippen molar-refractivity contribution in [3.63, 3.8) is 0 Å². The molecule has 0 atom stereocenters. The third-order valence-electron chi connectivity index (χ3n) is 3.02. The van der Waals surface area contributed by atoms with E-state index in [2.05, 4.69) is 4.72 Å². The molecular formula is C16H19NO4S2. The van der Waals surface area contributed by atoms with Crippen molar-refractivity contribution < 1.29 is 17.9 Å². The third-order valence-corrected chi connectivity index (χ3v) is 5.00. The molecule has 7 heteroatoms. The number of benzene rings is 2. The van der Waals surface area contributed by atoms with Gasteiger partial charge in [0, 0.05) is 10.6 Å². The van der Waals surface area contributed by atoms with Crippen molar-refractivity contribution in [2.24, 2.45) is 0 Å². The van der Waals surface area contributed by atoms with Crippen molar-refractivity contribution in [3.05, 3.63) is 48.5 Å². The summed E-state index contributed by atoms with van der Waals surface area (Å²) in [5.41, 5.74) is 0.557. The van der Waals surface area contributed by atoms with Crippen LogP contribution in [0.25, 0.3) is 0 Å². The van der Waals surface area contributed by atoms with Crippen LogP contribution >= 0.6 is 11.8 Å². The first-order valence-electron chi connectivity index (χ1n) is 6.94. The number of nitrogens with one attached hydrogen (secondary N) is 1. The van der Waals surface area contributed by atoms with E-state index in [9.17, 15) is 8.42 Å². The molecule has 2 rings (SSSR count). The Kier molecular flexibility index (Phi) is 6.18. The van der Waals surface area contributed by atoms with Gasteiger partial charge in [0.25, 0.3) is 0 Å². The minimum absolute atomic E-state index is 0.0733. The van der Waals surface area contributed by atoms with Gasteiger partial charge in [-0.15, -0.1) is 11.8 Å². The topological polar surface area (TPSA) is 64.6 Å². The van der Waals surface area contributed by atoms with Crippen LogP contribution in [0.5, 0.6) is 11.5 Å². The second-order valence-corrected chi connectivity index (χ2v) is 7.40. The summed E-state index contributed by atoms with van der Waals surface area (Å²) in [6, 6.07) is 14.3. The molecule has 2 aromatic carbocycles. The second-order valence-electron chi connectivity index (χ2n) is 4.68. The number of hydrogen-bond acceptors (Lipinski definition) is 5. The fourth-order valence-electron chi connectivity index (χ4n) is 1.86. The summed E-state index contributed by atoms with van der Waals surface area (Å²) in [6.07, 6.45) is 1.94. The van der Waals surface area contributed by atoms with Gasteiger partial charge in [0.05, 0.1) is 7.11 Å². The summed E-state index contributed by atoms with van der Waals surface area (Å²) in [4.78, 5) is 1.000. The predicted octanol–water partition coefficient (Wildman–Crippen LogP) is 3.24. The normalized spacial score (nSPS) is 11.0. The molecule has 0 aliphatic heterocycles. The van der Waals surface area contributed by atoms with Gasteiger partial charge in [-0.1, -0.05) is 6.07 Å². The molecule has 0 bridgehead atoms. The van der Waals surface area contributed by atoms with Gasteiger partial charge in [-0.3, -0.25) is 4.72 Å². The average molecular weight is 353 g/mol. The summed E-state index contributed by atoms with van der Waals surface area (Å²) in [7, 11) is -1.87. The summed E-state index contributed by atoms with van der Waals surface area (Å²) < 4.78 is 37.2. The number of sulfonamides is 1. The lowest BCUT2D eigenvalue weighted by molar-refractivity contribution is 0.340. The smallest absolute Gasteiger partial charge is 0.236 e. The molecule has 5 nitrogen and oxygen atoms in total. The van der Waals surface area contributed by atoms with E-state index in [-0.39, 0.29) is 12.4 Å². The minimum atomic E-state index is -3.45. The number of ether oxygens (including phenoxy) is 2. The number of rotatable bonds is 8. The van der Waals surface area contributed by atoms with Gasteiger partial charge in [0.15, 0.2) is 0 Å². The minimum Gasteiger partial charge on any atom is -0.497 e. The molecule has 0 spiro atoms. The molecule has 0 heterocycles. The Labute approximate surface area is 141 Å². The summed E-state index contributed by atoms with van der Waals surface area (Å²) in [5, 5.41) is 0. The van der Waals surface area contributed by atoms with Crippen LogP contribution in [0.2, 0.25) is 0 Å². The van der Waals surface area contributed by atoms with Crippen LogP contribution in [-0.4, -0.2) is 34.1 Å².